The first-order valence-corrected chi connectivity index (χ1v) is 6.78. The lowest BCUT2D eigenvalue weighted by molar-refractivity contribution is 0.823. The van der Waals surface area contributed by atoms with E-state index in [1.54, 1.807) is 6.20 Å². The van der Waals surface area contributed by atoms with E-state index in [2.05, 4.69) is 32.7 Å². The van der Waals surface area contributed by atoms with Crippen LogP contribution in [0.3, 0.4) is 0 Å². The van der Waals surface area contributed by atoms with E-state index in [1.807, 2.05) is 31.4 Å². The molecule has 4 nitrogen and oxygen atoms in total. The summed E-state index contributed by atoms with van der Waals surface area (Å²) in [7, 11) is 1.94. The number of H-pyrrole nitrogens is 1. The van der Waals surface area contributed by atoms with Gasteiger partial charge in [-0.2, -0.15) is 0 Å². The molecule has 0 radical (unpaired) electrons. The number of benzene rings is 1. The predicted octanol–water partition coefficient (Wildman–Crippen LogP) is 3.68. The minimum atomic E-state index is 0.606. The SMILES string of the molecule is CNCc1c[nH]c2cc(Nc3ncccc3Cl)ccc12. The van der Waals surface area contributed by atoms with Crippen molar-refractivity contribution in [2.75, 3.05) is 12.4 Å². The predicted molar refractivity (Wildman–Crippen MR) is 83.6 cm³/mol. The Morgan fingerprint density at radius 3 is 3.00 bits per heavy atom. The summed E-state index contributed by atoms with van der Waals surface area (Å²) in [6.45, 7) is 0.846. The third kappa shape index (κ3) is 2.48. The van der Waals surface area contributed by atoms with Gasteiger partial charge in [-0.05, 0) is 36.9 Å². The molecule has 0 aliphatic carbocycles. The van der Waals surface area contributed by atoms with Crippen molar-refractivity contribution in [2.24, 2.45) is 0 Å². The Balaban J connectivity index is 1.92. The van der Waals surface area contributed by atoms with Crippen LogP contribution in [0, 0.1) is 0 Å². The van der Waals surface area contributed by atoms with Gasteiger partial charge in [-0.1, -0.05) is 17.7 Å². The van der Waals surface area contributed by atoms with Gasteiger partial charge < -0.3 is 15.6 Å². The zero-order chi connectivity index (χ0) is 13.9. The molecule has 0 fully saturated rings. The zero-order valence-electron chi connectivity index (χ0n) is 11.1. The first-order chi connectivity index (χ1) is 9.78. The lowest BCUT2D eigenvalue weighted by atomic mass is 10.1. The lowest BCUT2D eigenvalue weighted by Crippen LogP contribution is -2.03. The van der Waals surface area contributed by atoms with Gasteiger partial charge in [0.1, 0.15) is 5.82 Å². The van der Waals surface area contributed by atoms with Crippen molar-refractivity contribution >= 4 is 34.0 Å². The van der Waals surface area contributed by atoms with E-state index in [9.17, 15) is 0 Å². The number of aromatic nitrogens is 2. The van der Waals surface area contributed by atoms with Gasteiger partial charge in [-0.25, -0.2) is 4.98 Å². The molecule has 1 aromatic carbocycles. The number of halogens is 1. The Morgan fingerprint density at radius 1 is 1.30 bits per heavy atom. The number of hydrogen-bond acceptors (Lipinski definition) is 3. The number of fused-ring (bicyclic) bond motifs is 1. The number of rotatable bonds is 4. The van der Waals surface area contributed by atoms with Crippen LogP contribution in [0.15, 0.2) is 42.7 Å². The molecule has 0 spiro atoms. The fraction of sp³-hybridized carbons (Fsp3) is 0.133. The first kappa shape index (κ1) is 13.0. The molecule has 0 bridgehead atoms. The maximum Gasteiger partial charge on any atom is 0.149 e. The standard InChI is InChI=1S/C15H15ClN4/c1-17-8-10-9-19-14-7-11(4-5-12(10)14)20-15-13(16)3-2-6-18-15/h2-7,9,17,19H,8H2,1H3,(H,18,20). The highest BCUT2D eigenvalue weighted by atomic mass is 35.5. The number of anilines is 2. The summed E-state index contributed by atoms with van der Waals surface area (Å²) < 4.78 is 0. The third-order valence-electron chi connectivity index (χ3n) is 3.16. The lowest BCUT2D eigenvalue weighted by Gasteiger charge is -2.07. The van der Waals surface area contributed by atoms with Crippen molar-refractivity contribution in [1.29, 1.82) is 0 Å². The van der Waals surface area contributed by atoms with Crippen LogP contribution >= 0.6 is 11.6 Å². The maximum atomic E-state index is 6.10. The summed E-state index contributed by atoms with van der Waals surface area (Å²) in [5, 5.41) is 8.21. The molecule has 0 saturated heterocycles. The Hall–Kier alpha value is -2.04. The number of nitrogens with one attached hydrogen (secondary N) is 3. The molecule has 3 rings (SSSR count). The monoisotopic (exact) mass is 286 g/mol. The average molecular weight is 287 g/mol. The van der Waals surface area contributed by atoms with E-state index in [0.29, 0.717) is 10.8 Å². The van der Waals surface area contributed by atoms with Crippen LogP contribution in [0.25, 0.3) is 10.9 Å². The third-order valence-corrected chi connectivity index (χ3v) is 3.46. The van der Waals surface area contributed by atoms with Crippen LogP contribution in [-0.2, 0) is 6.54 Å². The van der Waals surface area contributed by atoms with E-state index in [1.165, 1.54) is 10.9 Å². The smallest absolute Gasteiger partial charge is 0.149 e. The fourth-order valence-corrected chi connectivity index (χ4v) is 2.38. The zero-order valence-corrected chi connectivity index (χ0v) is 11.8. The van der Waals surface area contributed by atoms with Crippen LogP contribution in [0.5, 0.6) is 0 Å². The number of hydrogen-bond donors (Lipinski definition) is 3. The van der Waals surface area contributed by atoms with Gasteiger partial charge in [0.15, 0.2) is 0 Å². The molecule has 2 heterocycles. The summed E-state index contributed by atoms with van der Waals surface area (Å²) >= 11 is 6.10. The van der Waals surface area contributed by atoms with E-state index >= 15 is 0 Å². The highest BCUT2D eigenvalue weighted by Gasteiger charge is 2.05. The van der Waals surface area contributed by atoms with E-state index in [0.717, 1.165) is 17.7 Å². The highest BCUT2D eigenvalue weighted by molar-refractivity contribution is 6.33. The second-order valence-electron chi connectivity index (χ2n) is 4.56. The molecule has 3 aromatic rings. The molecule has 0 amide bonds. The normalized spacial score (nSPS) is 10.9. The second-order valence-corrected chi connectivity index (χ2v) is 4.97. The molecule has 0 atom stereocenters. The summed E-state index contributed by atoms with van der Waals surface area (Å²) in [6, 6.07) is 9.80. The Morgan fingerprint density at radius 2 is 2.20 bits per heavy atom. The van der Waals surface area contributed by atoms with E-state index < -0.39 is 0 Å². The van der Waals surface area contributed by atoms with Crippen LogP contribution < -0.4 is 10.6 Å². The van der Waals surface area contributed by atoms with Gasteiger partial charge in [0.2, 0.25) is 0 Å². The molecule has 5 heteroatoms. The topological polar surface area (TPSA) is 52.7 Å². The molecular weight excluding hydrogens is 272 g/mol. The fourth-order valence-electron chi connectivity index (χ4n) is 2.22. The molecule has 2 aromatic heterocycles. The second kappa shape index (κ2) is 5.53. The maximum absolute atomic E-state index is 6.10. The minimum absolute atomic E-state index is 0.606. The van der Waals surface area contributed by atoms with Crippen molar-refractivity contribution in [3.8, 4) is 0 Å². The summed E-state index contributed by atoms with van der Waals surface area (Å²) in [5.41, 5.74) is 3.30. The van der Waals surface area contributed by atoms with Gasteiger partial charge in [0, 0.05) is 35.5 Å². The molecule has 0 aliphatic heterocycles. The number of pyridine rings is 1. The van der Waals surface area contributed by atoms with Crippen molar-refractivity contribution in [3.05, 3.63) is 53.3 Å². The van der Waals surface area contributed by atoms with Gasteiger partial charge in [-0.3, -0.25) is 0 Å². The molecule has 0 unspecified atom stereocenters. The van der Waals surface area contributed by atoms with Crippen LogP contribution in [-0.4, -0.2) is 17.0 Å². The molecule has 0 aliphatic rings. The molecular formula is C15H15ClN4. The Kier molecular flexibility index (Phi) is 3.58. The molecule has 102 valence electrons. The van der Waals surface area contributed by atoms with Gasteiger partial charge in [0.25, 0.3) is 0 Å². The largest absolute Gasteiger partial charge is 0.361 e. The summed E-state index contributed by atoms with van der Waals surface area (Å²) in [4.78, 5) is 7.51. The van der Waals surface area contributed by atoms with Crippen LogP contribution in [0.1, 0.15) is 5.56 Å². The van der Waals surface area contributed by atoms with Crippen LogP contribution in [0.4, 0.5) is 11.5 Å². The number of aromatic amines is 1. The molecule has 20 heavy (non-hydrogen) atoms. The van der Waals surface area contributed by atoms with Crippen LogP contribution in [0.2, 0.25) is 5.02 Å². The van der Waals surface area contributed by atoms with Gasteiger partial charge >= 0.3 is 0 Å². The number of nitrogens with zero attached hydrogens (tertiary/aromatic N) is 1. The van der Waals surface area contributed by atoms with Crippen molar-refractivity contribution in [3.63, 3.8) is 0 Å². The molecule has 3 N–H and O–H groups in total. The Bertz CT molecular complexity index is 736. The quantitative estimate of drug-likeness (QED) is 0.686. The minimum Gasteiger partial charge on any atom is -0.361 e. The molecule has 0 saturated carbocycles. The van der Waals surface area contributed by atoms with Crippen molar-refractivity contribution in [2.45, 2.75) is 6.54 Å². The highest BCUT2D eigenvalue weighted by Crippen LogP contribution is 2.26. The van der Waals surface area contributed by atoms with Crippen molar-refractivity contribution < 1.29 is 0 Å². The van der Waals surface area contributed by atoms with Crippen molar-refractivity contribution in [1.82, 2.24) is 15.3 Å². The van der Waals surface area contributed by atoms with E-state index in [4.69, 9.17) is 11.6 Å². The van der Waals surface area contributed by atoms with Gasteiger partial charge in [0.05, 0.1) is 5.02 Å². The average Bonchev–Trinajstić information content (AvgIpc) is 2.85. The Labute approximate surface area is 122 Å². The van der Waals surface area contributed by atoms with Gasteiger partial charge in [-0.15, -0.1) is 0 Å². The van der Waals surface area contributed by atoms with E-state index in [-0.39, 0.29) is 0 Å². The first-order valence-electron chi connectivity index (χ1n) is 6.40. The summed E-state index contributed by atoms with van der Waals surface area (Å²) in [6.07, 6.45) is 3.74. The summed E-state index contributed by atoms with van der Waals surface area (Å²) in [5.74, 6) is 0.663.